The van der Waals surface area contributed by atoms with Crippen LogP contribution in [0.1, 0.15) is 31.2 Å². The average Bonchev–Trinajstić information content (AvgIpc) is 2.29. The number of rotatable bonds is 6. The van der Waals surface area contributed by atoms with Crippen molar-refractivity contribution in [3.05, 3.63) is 35.6 Å². The van der Waals surface area contributed by atoms with E-state index in [1.165, 1.54) is 5.75 Å². The Kier molecular flexibility index (Phi) is 5.07. The van der Waals surface area contributed by atoms with Crippen molar-refractivity contribution in [2.75, 3.05) is 18.6 Å². The summed E-state index contributed by atoms with van der Waals surface area (Å²) >= 11 is 1.90. The van der Waals surface area contributed by atoms with Gasteiger partial charge in [-0.3, -0.25) is 0 Å². The molecule has 1 aromatic rings. The highest BCUT2D eigenvalue weighted by Gasteiger charge is 2.31. The maximum absolute atomic E-state index is 13.6. The van der Waals surface area contributed by atoms with Crippen LogP contribution >= 0.6 is 11.8 Å². The lowest BCUT2D eigenvalue weighted by molar-refractivity contribution is 0.277. The highest BCUT2D eigenvalue weighted by Crippen LogP contribution is 2.37. The van der Waals surface area contributed by atoms with E-state index < -0.39 is 0 Å². The molecule has 1 aliphatic rings. The minimum atomic E-state index is -0.0447. The molecule has 2 rings (SSSR count). The van der Waals surface area contributed by atoms with E-state index in [2.05, 4.69) is 18.5 Å². The molecule has 0 aromatic heterocycles. The minimum Gasteiger partial charge on any atom is -0.314 e. The number of hydrogen-bond donors (Lipinski definition) is 1. The fourth-order valence-corrected chi connectivity index (χ4v) is 3.24. The topological polar surface area (TPSA) is 12.0 Å². The molecule has 0 bridgehead atoms. The van der Waals surface area contributed by atoms with Crippen molar-refractivity contribution in [2.24, 2.45) is 5.92 Å². The smallest absolute Gasteiger partial charge is 0.126 e. The third kappa shape index (κ3) is 3.48. The van der Waals surface area contributed by atoms with Gasteiger partial charge in [-0.2, -0.15) is 11.8 Å². The maximum Gasteiger partial charge on any atom is 0.126 e. The SMILES string of the molecule is CSCC(C)CNC1CC(c2ccccc2F)C1. The van der Waals surface area contributed by atoms with Crippen molar-refractivity contribution in [1.82, 2.24) is 5.32 Å². The van der Waals surface area contributed by atoms with Gasteiger partial charge in [0.2, 0.25) is 0 Å². The molecule has 1 unspecified atom stereocenters. The van der Waals surface area contributed by atoms with Crippen LogP contribution in [0.3, 0.4) is 0 Å². The van der Waals surface area contributed by atoms with Gasteiger partial charge in [0.1, 0.15) is 5.82 Å². The number of halogens is 1. The Morgan fingerprint density at radius 2 is 2.11 bits per heavy atom. The molecule has 1 saturated carbocycles. The Hall–Kier alpha value is -0.540. The van der Waals surface area contributed by atoms with Gasteiger partial charge in [0.05, 0.1) is 0 Å². The molecule has 0 aliphatic heterocycles. The third-order valence-corrected chi connectivity index (χ3v) is 4.59. The van der Waals surface area contributed by atoms with Gasteiger partial charge in [0, 0.05) is 6.04 Å². The molecule has 1 nitrogen and oxygen atoms in total. The van der Waals surface area contributed by atoms with Crippen molar-refractivity contribution >= 4 is 11.8 Å². The summed E-state index contributed by atoms with van der Waals surface area (Å²) in [6.07, 6.45) is 4.30. The third-order valence-electron chi connectivity index (χ3n) is 3.69. The molecular formula is C15H22FNS. The first kappa shape index (κ1) is 13.9. The van der Waals surface area contributed by atoms with Gasteiger partial charge >= 0.3 is 0 Å². The summed E-state index contributed by atoms with van der Waals surface area (Å²) in [5.41, 5.74) is 0.896. The summed E-state index contributed by atoms with van der Waals surface area (Å²) in [6.45, 7) is 3.35. The van der Waals surface area contributed by atoms with E-state index in [0.717, 1.165) is 24.9 Å². The summed E-state index contributed by atoms with van der Waals surface area (Å²) in [5, 5.41) is 3.59. The second-order valence-corrected chi connectivity index (χ2v) is 6.27. The van der Waals surface area contributed by atoms with Crippen molar-refractivity contribution in [1.29, 1.82) is 0 Å². The molecular weight excluding hydrogens is 245 g/mol. The predicted octanol–water partition coefficient (Wildman–Crippen LogP) is 3.66. The standard InChI is InChI=1S/C15H22FNS/c1-11(10-18-2)9-17-13-7-12(8-13)14-5-3-4-6-15(14)16/h3-6,11-13,17H,7-10H2,1-2H3. The summed E-state index contributed by atoms with van der Waals surface area (Å²) in [7, 11) is 0. The molecule has 0 heterocycles. The fourth-order valence-electron chi connectivity index (χ4n) is 2.56. The minimum absolute atomic E-state index is 0.0447. The van der Waals surface area contributed by atoms with E-state index in [1.54, 1.807) is 12.1 Å². The van der Waals surface area contributed by atoms with Crippen LogP contribution in [-0.2, 0) is 0 Å². The zero-order chi connectivity index (χ0) is 13.0. The summed E-state index contributed by atoms with van der Waals surface area (Å²) < 4.78 is 13.6. The number of hydrogen-bond acceptors (Lipinski definition) is 2. The van der Waals surface area contributed by atoms with Crippen molar-refractivity contribution in [3.8, 4) is 0 Å². The van der Waals surface area contributed by atoms with Gasteiger partial charge in [-0.1, -0.05) is 25.1 Å². The normalized spacial score (nSPS) is 24.6. The van der Waals surface area contributed by atoms with E-state index in [1.807, 2.05) is 23.9 Å². The maximum atomic E-state index is 13.6. The predicted molar refractivity (Wildman–Crippen MR) is 77.7 cm³/mol. The number of thioether (sulfide) groups is 1. The summed E-state index contributed by atoms with van der Waals surface area (Å²) in [5.74, 6) is 2.29. The zero-order valence-electron chi connectivity index (χ0n) is 11.2. The van der Waals surface area contributed by atoms with Crippen molar-refractivity contribution in [2.45, 2.75) is 31.7 Å². The molecule has 1 aromatic carbocycles. The van der Waals surface area contributed by atoms with E-state index in [-0.39, 0.29) is 5.82 Å². The van der Waals surface area contributed by atoms with Gasteiger partial charge in [-0.25, -0.2) is 4.39 Å². The fraction of sp³-hybridized carbons (Fsp3) is 0.600. The molecule has 1 N–H and O–H groups in total. The van der Waals surface area contributed by atoms with Crippen LogP contribution in [0, 0.1) is 11.7 Å². The molecule has 3 heteroatoms. The Morgan fingerprint density at radius 1 is 1.39 bits per heavy atom. The van der Waals surface area contributed by atoms with Crippen LogP contribution in [-0.4, -0.2) is 24.6 Å². The lowest BCUT2D eigenvalue weighted by atomic mass is 9.75. The van der Waals surface area contributed by atoms with Crippen molar-refractivity contribution in [3.63, 3.8) is 0 Å². The van der Waals surface area contributed by atoms with Crippen LogP contribution < -0.4 is 5.32 Å². The molecule has 0 amide bonds. The first-order valence-electron chi connectivity index (χ1n) is 6.67. The molecule has 0 spiro atoms. The van der Waals surface area contributed by atoms with E-state index in [4.69, 9.17) is 0 Å². The molecule has 1 fully saturated rings. The van der Waals surface area contributed by atoms with E-state index in [0.29, 0.717) is 17.9 Å². The summed E-state index contributed by atoms with van der Waals surface area (Å²) in [6, 6.07) is 7.76. The molecule has 0 saturated heterocycles. The lowest BCUT2D eigenvalue weighted by Crippen LogP contribution is -2.42. The summed E-state index contributed by atoms with van der Waals surface area (Å²) in [4.78, 5) is 0. The molecule has 1 atom stereocenters. The number of nitrogens with one attached hydrogen (secondary N) is 1. The van der Waals surface area contributed by atoms with Crippen molar-refractivity contribution < 1.29 is 4.39 Å². The first-order valence-corrected chi connectivity index (χ1v) is 8.06. The highest BCUT2D eigenvalue weighted by molar-refractivity contribution is 7.98. The van der Waals surface area contributed by atoms with Crippen LogP contribution in [0.15, 0.2) is 24.3 Å². The highest BCUT2D eigenvalue weighted by atomic mass is 32.2. The quantitative estimate of drug-likeness (QED) is 0.844. The van der Waals surface area contributed by atoms with E-state index >= 15 is 0 Å². The van der Waals surface area contributed by atoms with Gasteiger partial charge < -0.3 is 5.32 Å². The van der Waals surface area contributed by atoms with Gasteiger partial charge in [-0.05, 0) is 54.9 Å². The van der Waals surface area contributed by atoms with Crippen LogP contribution in [0.25, 0.3) is 0 Å². The van der Waals surface area contributed by atoms with Gasteiger partial charge in [0.25, 0.3) is 0 Å². The monoisotopic (exact) mass is 267 g/mol. The molecule has 18 heavy (non-hydrogen) atoms. The molecule has 1 aliphatic carbocycles. The van der Waals surface area contributed by atoms with Crippen LogP contribution in [0.4, 0.5) is 4.39 Å². The average molecular weight is 267 g/mol. The van der Waals surface area contributed by atoms with Crippen LogP contribution in [0.5, 0.6) is 0 Å². The zero-order valence-corrected chi connectivity index (χ0v) is 12.0. The number of benzene rings is 1. The Bertz CT molecular complexity index is 377. The Balaban J connectivity index is 1.73. The molecule has 100 valence electrons. The lowest BCUT2D eigenvalue weighted by Gasteiger charge is -2.37. The van der Waals surface area contributed by atoms with Gasteiger partial charge in [-0.15, -0.1) is 0 Å². The largest absolute Gasteiger partial charge is 0.314 e. The van der Waals surface area contributed by atoms with E-state index in [9.17, 15) is 4.39 Å². The Morgan fingerprint density at radius 3 is 2.78 bits per heavy atom. The van der Waals surface area contributed by atoms with Crippen LogP contribution in [0.2, 0.25) is 0 Å². The second kappa shape index (κ2) is 6.58. The van der Waals surface area contributed by atoms with Gasteiger partial charge in [0.15, 0.2) is 0 Å². The Labute approximate surface area is 114 Å². The molecule has 0 radical (unpaired) electrons. The first-order chi connectivity index (χ1) is 8.70. The second-order valence-electron chi connectivity index (χ2n) is 5.36.